The van der Waals surface area contributed by atoms with Crippen LogP contribution in [-0.2, 0) is 0 Å². The molecule has 0 aliphatic heterocycles. The molecule has 2 aromatic rings. The number of hydrogen-bond donors (Lipinski definition) is 0. The quantitative estimate of drug-likeness (QED) is 0.448. The lowest BCUT2D eigenvalue weighted by Crippen LogP contribution is -2.15. The lowest BCUT2D eigenvalue weighted by atomic mass is 9.83. The van der Waals surface area contributed by atoms with E-state index in [0.29, 0.717) is 23.1 Å². The minimum atomic E-state index is -0.168. The van der Waals surface area contributed by atoms with Crippen molar-refractivity contribution >= 4 is 11.5 Å². The van der Waals surface area contributed by atoms with Crippen molar-refractivity contribution in [2.75, 3.05) is 0 Å². The van der Waals surface area contributed by atoms with Crippen molar-refractivity contribution < 1.29 is 4.79 Å². The second-order valence-corrected chi connectivity index (χ2v) is 7.01. The molecule has 0 bridgehead atoms. The fourth-order valence-corrected chi connectivity index (χ4v) is 2.89. The van der Waals surface area contributed by atoms with Gasteiger partial charge in [0.1, 0.15) is 5.69 Å². The second-order valence-electron chi connectivity index (χ2n) is 7.01. The predicted octanol–water partition coefficient (Wildman–Crippen LogP) is 6.22. The summed E-state index contributed by atoms with van der Waals surface area (Å²) in [6, 6.07) is 14.9. The van der Waals surface area contributed by atoms with Crippen LogP contribution in [0.4, 0.5) is 5.69 Å². The van der Waals surface area contributed by atoms with E-state index in [-0.39, 0.29) is 11.7 Å². The minimum Gasteiger partial charge on any atom is -0.293 e. The number of ketones is 1. The average Bonchev–Trinajstić information content (AvgIpc) is 2.59. The molecule has 0 N–H and O–H groups in total. The third-order valence-electron chi connectivity index (χ3n) is 4.26. The maximum absolute atomic E-state index is 13.1. The maximum Gasteiger partial charge on any atom is 0.170 e. The molecular weight excluding hydrogens is 298 g/mol. The molecule has 1 atom stereocenters. The van der Waals surface area contributed by atoms with Crippen molar-refractivity contribution in [3.8, 4) is 0 Å². The third kappa shape index (κ3) is 4.38. The van der Waals surface area contributed by atoms with Gasteiger partial charge in [0, 0.05) is 11.5 Å². The highest BCUT2D eigenvalue weighted by Gasteiger charge is 2.23. The van der Waals surface area contributed by atoms with Gasteiger partial charge in [-0.3, -0.25) is 4.79 Å². The first-order valence-electron chi connectivity index (χ1n) is 8.49. The Kier molecular flexibility index (Phi) is 6.02. The van der Waals surface area contributed by atoms with E-state index in [1.165, 1.54) is 5.56 Å². The monoisotopic (exact) mass is 323 g/mol. The number of nitroso groups, excluding NO2 is 1. The van der Waals surface area contributed by atoms with Crippen LogP contribution in [0.1, 0.15) is 67.4 Å². The molecule has 2 rings (SSSR count). The third-order valence-corrected chi connectivity index (χ3v) is 4.26. The molecule has 0 fully saturated rings. The highest BCUT2D eigenvalue weighted by Crippen LogP contribution is 2.30. The molecule has 0 aromatic heterocycles. The normalized spacial score (nSPS) is 12.4. The fraction of sp³-hybridized carbons (Fsp3) is 0.381. The molecule has 0 heterocycles. The summed E-state index contributed by atoms with van der Waals surface area (Å²) in [6.45, 7) is 8.57. The highest BCUT2D eigenvalue weighted by atomic mass is 16.3. The Morgan fingerprint density at radius 2 is 1.58 bits per heavy atom. The Hall–Kier alpha value is -2.29. The SMILES string of the molecule is CC(C)CC(C(=O)c1ccc(N=O)cc1)c1cccc(C(C)C)c1. The van der Waals surface area contributed by atoms with Crippen LogP contribution in [0.25, 0.3) is 0 Å². The molecular formula is C21H25NO2. The summed E-state index contributed by atoms with van der Waals surface area (Å²) < 4.78 is 0. The summed E-state index contributed by atoms with van der Waals surface area (Å²) in [4.78, 5) is 23.6. The van der Waals surface area contributed by atoms with Crippen LogP contribution in [0.3, 0.4) is 0 Å². The summed E-state index contributed by atoms with van der Waals surface area (Å²) in [7, 11) is 0. The van der Waals surface area contributed by atoms with Crippen LogP contribution in [0.15, 0.2) is 53.7 Å². The molecule has 0 aliphatic carbocycles. The van der Waals surface area contributed by atoms with Crippen molar-refractivity contribution in [2.24, 2.45) is 11.1 Å². The van der Waals surface area contributed by atoms with Gasteiger partial charge in [0.2, 0.25) is 0 Å². The molecule has 3 nitrogen and oxygen atoms in total. The highest BCUT2D eigenvalue weighted by molar-refractivity contribution is 6.01. The first-order valence-corrected chi connectivity index (χ1v) is 8.49. The molecule has 0 saturated carbocycles. The molecule has 0 saturated heterocycles. The van der Waals surface area contributed by atoms with E-state index in [2.05, 4.69) is 45.0 Å². The van der Waals surface area contributed by atoms with E-state index in [4.69, 9.17) is 0 Å². The lowest BCUT2D eigenvalue weighted by Gasteiger charge is -2.20. The molecule has 0 aliphatic rings. The van der Waals surface area contributed by atoms with Gasteiger partial charge in [-0.05, 0) is 58.8 Å². The molecule has 1 unspecified atom stereocenters. The van der Waals surface area contributed by atoms with Crippen LogP contribution in [0.2, 0.25) is 0 Å². The lowest BCUT2D eigenvalue weighted by molar-refractivity contribution is 0.0948. The largest absolute Gasteiger partial charge is 0.293 e. The molecule has 3 heteroatoms. The first-order chi connectivity index (χ1) is 11.4. The van der Waals surface area contributed by atoms with Crippen LogP contribution in [-0.4, -0.2) is 5.78 Å². The topological polar surface area (TPSA) is 46.5 Å². The average molecular weight is 323 g/mol. The van der Waals surface area contributed by atoms with Gasteiger partial charge in [-0.25, -0.2) is 0 Å². The van der Waals surface area contributed by atoms with E-state index in [0.717, 1.165) is 12.0 Å². The van der Waals surface area contributed by atoms with Crippen molar-refractivity contribution in [1.82, 2.24) is 0 Å². The number of carbonyl (C=O) groups excluding carboxylic acids is 1. The van der Waals surface area contributed by atoms with E-state index >= 15 is 0 Å². The van der Waals surface area contributed by atoms with Crippen LogP contribution < -0.4 is 0 Å². The number of nitrogens with zero attached hydrogens (tertiary/aromatic N) is 1. The van der Waals surface area contributed by atoms with Crippen molar-refractivity contribution in [3.05, 3.63) is 70.1 Å². The minimum absolute atomic E-state index is 0.0991. The Balaban J connectivity index is 2.38. The number of hydrogen-bond acceptors (Lipinski definition) is 3. The van der Waals surface area contributed by atoms with E-state index in [9.17, 15) is 9.70 Å². The number of rotatable bonds is 7. The van der Waals surface area contributed by atoms with E-state index < -0.39 is 0 Å². The zero-order valence-electron chi connectivity index (χ0n) is 14.8. The van der Waals surface area contributed by atoms with Gasteiger partial charge in [-0.2, -0.15) is 0 Å². The summed E-state index contributed by atoms with van der Waals surface area (Å²) in [5.41, 5.74) is 3.28. The van der Waals surface area contributed by atoms with Gasteiger partial charge in [-0.15, -0.1) is 4.91 Å². The maximum atomic E-state index is 13.1. The zero-order valence-corrected chi connectivity index (χ0v) is 14.8. The van der Waals surface area contributed by atoms with Crippen LogP contribution in [0, 0.1) is 10.8 Å². The van der Waals surface area contributed by atoms with Crippen LogP contribution >= 0.6 is 0 Å². The van der Waals surface area contributed by atoms with Crippen molar-refractivity contribution in [1.29, 1.82) is 0 Å². The van der Waals surface area contributed by atoms with Crippen molar-refractivity contribution in [2.45, 2.75) is 46.0 Å². The van der Waals surface area contributed by atoms with E-state index in [1.807, 2.05) is 12.1 Å². The van der Waals surface area contributed by atoms with E-state index in [1.54, 1.807) is 24.3 Å². The summed E-state index contributed by atoms with van der Waals surface area (Å²) in [6.07, 6.45) is 0.800. The Bertz CT molecular complexity index is 702. The standard InChI is InChI=1S/C21H25NO2/c1-14(2)12-20(18-7-5-6-17(13-18)15(3)4)21(23)16-8-10-19(22-24)11-9-16/h5-11,13-15,20H,12H2,1-4H3. The summed E-state index contributed by atoms with van der Waals surface area (Å²) in [5.74, 6) is 0.774. The molecule has 0 amide bonds. The predicted molar refractivity (Wildman–Crippen MR) is 99.0 cm³/mol. The Morgan fingerprint density at radius 1 is 0.958 bits per heavy atom. The van der Waals surface area contributed by atoms with Gasteiger partial charge >= 0.3 is 0 Å². The molecule has 0 spiro atoms. The summed E-state index contributed by atoms with van der Waals surface area (Å²) >= 11 is 0. The fourth-order valence-electron chi connectivity index (χ4n) is 2.89. The van der Waals surface area contributed by atoms with Gasteiger partial charge in [0.15, 0.2) is 5.78 Å². The molecule has 126 valence electrons. The van der Waals surface area contributed by atoms with Crippen LogP contribution in [0.5, 0.6) is 0 Å². The van der Waals surface area contributed by atoms with Gasteiger partial charge < -0.3 is 0 Å². The van der Waals surface area contributed by atoms with Gasteiger partial charge in [-0.1, -0.05) is 52.0 Å². The number of carbonyl (C=O) groups is 1. The molecule has 0 radical (unpaired) electrons. The second kappa shape index (κ2) is 8.00. The number of Topliss-reactive ketones (excluding diaryl/α,β-unsaturated/α-hetero) is 1. The van der Waals surface area contributed by atoms with Gasteiger partial charge in [0.05, 0.1) is 0 Å². The zero-order chi connectivity index (χ0) is 17.7. The number of benzene rings is 2. The first kappa shape index (κ1) is 18.1. The summed E-state index contributed by atoms with van der Waals surface area (Å²) in [5, 5.41) is 2.89. The molecule has 24 heavy (non-hydrogen) atoms. The van der Waals surface area contributed by atoms with Crippen molar-refractivity contribution in [3.63, 3.8) is 0 Å². The Morgan fingerprint density at radius 3 is 2.12 bits per heavy atom. The van der Waals surface area contributed by atoms with Gasteiger partial charge in [0.25, 0.3) is 0 Å². The molecule has 2 aromatic carbocycles. The Labute approximate surface area is 144 Å². The smallest absolute Gasteiger partial charge is 0.170 e.